The molecule has 0 aliphatic heterocycles. The molecule has 0 amide bonds. The van der Waals surface area contributed by atoms with Gasteiger partial charge in [-0.2, -0.15) is 0 Å². The SMILES string of the molecule is O=C(OCc1ccccc1)c1ccccc1-c1oc(Br)c2cc(CBr)ccc12. The summed E-state index contributed by atoms with van der Waals surface area (Å²) in [5.74, 6) is 0.271. The average molecular weight is 500 g/mol. The molecule has 1 aromatic heterocycles. The minimum atomic E-state index is -0.378. The van der Waals surface area contributed by atoms with Crippen LogP contribution in [0.25, 0.3) is 22.1 Å². The Morgan fingerprint density at radius 1 is 0.893 bits per heavy atom. The molecule has 0 fully saturated rings. The van der Waals surface area contributed by atoms with Crippen LogP contribution in [-0.2, 0) is 16.7 Å². The smallest absolute Gasteiger partial charge is 0.339 e. The first kappa shape index (κ1) is 19.0. The minimum absolute atomic E-state index is 0.227. The number of halogens is 2. The molecule has 0 bridgehead atoms. The second-order valence-electron chi connectivity index (χ2n) is 6.33. The summed E-state index contributed by atoms with van der Waals surface area (Å²) in [4.78, 5) is 12.8. The molecule has 0 N–H and O–H groups in total. The Bertz CT molecular complexity index is 1130. The van der Waals surface area contributed by atoms with E-state index in [2.05, 4.69) is 37.9 Å². The predicted molar refractivity (Wildman–Crippen MR) is 118 cm³/mol. The normalized spacial score (nSPS) is 10.9. The van der Waals surface area contributed by atoms with E-state index in [1.165, 1.54) is 0 Å². The van der Waals surface area contributed by atoms with E-state index in [-0.39, 0.29) is 12.6 Å². The van der Waals surface area contributed by atoms with E-state index in [1.54, 1.807) is 6.07 Å². The van der Waals surface area contributed by atoms with Gasteiger partial charge in [0.2, 0.25) is 0 Å². The zero-order chi connectivity index (χ0) is 19.5. The third-order valence-corrected chi connectivity index (χ3v) is 5.73. The molecule has 0 aliphatic carbocycles. The Morgan fingerprint density at radius 2 is 1.64 bits per heavy atom. The summed E-state index contributed by atoms with van der Waals surface area (Å²) < 4.78 is 12.2. The minimum Gasteiger partial charge on any atom is -0.457 e. The number of alkyl halides is 1. The molecule has 3 nitrogen and oxygen atoms in total. The molecular formula is C23H16Br2O3. The van der Waals surface area contributed by atoms with Crippen molar-refractivity contribution in [2.75, 3.05) is 0 Å². The lowest BCUT2D eigenvalue weighted by atomic mass is 10.0. The van der Waals surface area contributed by atoms with Gasteiger partial charge in [0.25, 0.3) is 0 Å². The van der Waals surface area contributed by atoms with Crippen molar-refractivity contribution in [3.63, 3.8) is 0 Å². The number of carbonyl (C=O) groups is 1. The Labute approximate surface area is 179 Å². The lowest BCUT2D eigenvalue weighted by Gasteiger charge is -2.09. The van der Waals surface area contributed by atoms with Crippen molar-refractivity contribution in [2.45, 2.75) is 11.9 Å². The predicted octanol–water partition coefficient (Wildman–Crippen LogP) is 7.11. The van der Waals surface area contributed by atoms with Crippen LogP contribution in [0.15, 0.2) is 81.9 Å². The van der Waals surface area contributed by atoms with Crippen molar-refractivity contribution in [2.24, 2.45) is 0 Å². The first-order chi connectivity index (χ1) is 13.7. The maximum absolute atomic E-state index is 12.8. The van der Waals surface area contributed by atoms with Crippen LogP contribution in [0.5, 0.6) is 0 Å². The molecule has 0 atom stereocenters. The van der Waals surface area contributed by atoms with Crippen molar-refractivity contribution >= 4 is 48.6 Å². The van der Waals surface area contributed by atoms with E-state index in [4.69, 9.17) is 9.15 Å². The molecular weight excluding hydrogens is 484 g/mol. The quantitative estimate of drug-likeness (QED) is 0.217. The molecule has 1 heterocycles. The molecule has 5 heteroatoms. The summed E-state index contributed by atoms with van der Waals surface area (Å²) in [5, 5.41) is 2.68. The molecule has 4 aromatic rings. The molecule has 0 unspecified atom stereocenters. The maximum Gasteiger partial charge on any atom is 0.339 e. The van der Waals surface area contributed by atoms with Crippen LogP contribution >= 0.6 is 31.9 Å². The largest absolute Gasteiger partial charge is 0.457 e. The summed E-state index contributed by atoms with van der Waals surface area (Å²) in [6.45, 7) is 0.227. The summed E-state index contributed by atoms with van der Waals surface area (Å²) in [6, 6.07) is 23.1. The Hall–Kier alpha value is -2.37. The highest BCUT2D eigenvalue weighted by Crippen LogP contribution is 2.39. The standard InChI is InChI=1S/C23H16Br2O3/c24-13-16-10-11-18-20(12-16)22(25)28-21(18)17-8-4-5-9-19(17)23(26)27-14-15-6-2-1-3-7-15/h1-12H,13-14H2. The van der Waals surface area contributed by atoms with Crippen molar-refractivity contribution in [3.8, 4) is 11.3 Å². The molecule has 3 aromatic carbocycles. The zero-order valence-corrected chi connectivity index (χ0v) is 18.0. The summed E-state index contributed by atoms with van der Waals surface area (Å²) in [6.07, 6.45) is 0. The fraction of sp³-hybridized carbons (Fsp3) is 0.0870. The third-order valence-electron chi connectivity index (χ3n) is 4.49. The van der Waals surface area contributed by atoms with Crippen molar-refractivity contribution in [3.05, 3.63) is 94.2 Å². The van der Waals surface area contributed by atoms with Gasteiger partial charge in [-0.3, -0.25) is 0 Å². The molecule has 0 spiro atoms. The highest BCUT2D eigenvalue weighted by atomic mass is 79.9. The van der Waals surface area contributed by atoms with Gasteiger partial charge in [-0.25, -0.2) is 4.79 Å². The second-order valence-corrected chi connectivity index (χ2v) is 7.61. The monoisotopic (exact) mass is 498 g/mol. The zero-order valence-electron chi connectivity index (χ0n) is 14.8. The van der Waals surface area contributed by atoms with Crippen LogP contribution in [-0.4, -0.2) is 5.97 Å². The van der Waals surface area contributed by atoms with Crippen LogP contribution in [0.1, 0.15) is 21.5 Å². The molecule has 0 aliphatic rings. The highest BCUT2D eigenvalue weighted by Gasteiger charge is 2.20. The summed E-state index contributed by atoms with van der Waals surface area (Å²) in [5.41, 5.74) is 3.28. The Kier molecular flexibility index (Phi) is 5.64. The third kappa shape index (κ3) is 3.77. The van der Waals surface area contributed by atoms with Gasteiger partial charge in [-0.1, -0.05) is 76.6 Å². The Balaban J connectivity index is 1.70. The maximum atomic E-state index is 12.8. The number of fused-ring (bicyclic) bond motifs is 1. The second kappa shape index (κ2) is 8.33. The van der Waals surface area contributed by atoms with Gasteiger partial charge in [-0.05, 0) is 39.2 Å². The van der Waals surface area contributed by atoms with Gasteiger partial charge in [0.05, 0.1) is 5.56 Å². The molecule has 0 radical (unpaired) electrons. The number of hydrogen-bond acceptors (Lipinski definition) is 3. The van der Waals surface area contributed by atoms with Gasteiger partial charge in [0, 0.05) is 21.7 Å². The topological polar surface area (TPSA) is 39.4 Å². The van der Waals surface area contributed by atoms with Crippen LogP contribution < -0.4 is 0 Å². The highest BCUT2D eigenvalue weighted by molar-refractivity contribution is 9.10. The Morgan fingerprint density at radius 3 is 2.43 bits per heavy atom. The van der Waals surface area contributed by atoms with Gasteiger partial charge in [-0.15, -0.1) is 0 Å². The summed E-state index contributed by atoms with van der Waals surface area (Å²) >= 11 is 6.98. The first-order valence-corrected chi connectivity index (χ1v) is 10.7. The lowest BCUT2D eigenvalue weighted by Crippen LogP contribution is -2.06. The van der Waals surface area contributed by atoms with E-state index < -0.39 is 0 Å². The van der Waals surface area contributed by atoms with E-state index in [0.29, 0.717) is 21.6 Å². The number of furan rings is 1. The lowest BCUT2D eigenvalue weighted by molar-refractivity contribution is 0.0473. The van der Waals surface area contributed by atoms with Crippen LogP contribution in [0.2, 0.25) is 0 Å². The van der Waals surface area contributed by atoms with Crippen LogP contribution in [0.4, 0.5) is 0 Å². The summed E-state index contributed by atoms with van der Waals surface area (Å²) in [7, 11) is 0. The van der Waals surface area contributed by atoms with Crippen molar-refractivity contribution in [1.29, 1.82) is 0 Å². The van der Waals surface area contributed by atoms with Crippen LogP contribution in [0.3, 0.4) is 0 Å². The number of esters is 1. The van der Waals surface area contributed by atoms with Crippen LogP contribution in [0, 0.1) is 0 Å². The van der Waals surface area contributed by atoms with Crippen molar-refractivity contribution in [1.82, 2.24) is 0 Å². The fourth-order valence-electron chi connectivity index (χ4n) is 3.09. The number of hydrogen-bond donors (Lipinski definition) is 0. The molecule has 4 rings (SSSR count). The van der Waals surface area contributed by atoms with E-state index in [0.717, 1.165) is 27.2 Å². The average Bonchev–Trinajstić information content (AvgIpc) is 3.08. The number of rotatable bonds is 5. The van der Waals surface area contributed by atoms with E-state index in [9.17, 15) is 4.79 Å². The molecule has 140 valence electrons. The van der Waals surface area contributed by atoms with Crippen molar-refractivity contribution < 1.29 is 13.9 Å². The van der Waals surface area contributed by atoms with E-state index >= 15 is 0 Å². The fourth-order valence-corrected chi connectivity index (χ4v) is 3.93. The molecule has 0 saturated heterocycles. The number of carbonyl (C=O) groups excluding carboxylic acids is 1. The number of ether oxygens (including phenoxy) is 1. The van der Waals surface area contributed by atoms with Gasteiger partial charge in [0.1, 0.15) is 12.4 Å². The first-order valence-electron chi connectivity index (χ1n) is 8.74. The molecule has 0 saturated carbocycles. The molecule has 28 heavy (non-hydrogen) atoms. The van der Waals surface area contributed by atoms with Gasteiger partial charge in [0.15, 0.2) is 4.67 Å². The van der Waals surface area contributed by atoms with E-state index in [1.807, 2.05) is 60.7 Å². The van der Waals surface area contributed by atoms with Gasteiger partial charge >= 0.3 is 5.97 Å². The number of benzene rings is 3. The van der Waals surface area contributed by atoms with Gasteiger partial charge < -0.3 is 9.15 Å².